The molecule has 19 heavy (non-hydrogen) atoms. The molecule has 1 heterocycles. The number of amides is 2. The van der Waals surface area contributed by atoms with Gasteiger partial charge >= 0.3 is 6.03 Å². The van der Waals surface area contributed by atoms with Gasteiger partial charge in [-0.15, -0.1) is 0 Å². The number of rotatable bonds is 2. The number of nitrogens with one attached hydrogen (secondary N) is 2. The van der Waals surface area contributed by atoms with E-state index in [4.69, 9.17) is 23.2 Å². The Balaban J connectivity index is 2.07. The largest absolute Gasteiger partial charge is 0.324 e. The van der Waals surface area contributed by atoms with Crippen molar-refractivity contribution in [1.82, 2.24) is 4.98 Å². The van der Waals surface area contributed by atoms with E-state index >= 15 is 0 Å². The highest BCUT2D eigenvalue weighted by Crippen LogP contribution is 2.25. The molecular formula is C13H11Cl2N3O. The molecule has 1 aromatic carbocycles. The molecule has 0 fully saturated rings. The third-order valence-electron chi connectivity index (χ3n) is 2.33. The molecule has 0 aliphatic carbocycles. The number of aryl methyl sites for hydroxylation is 1. The molecule has 98 valence electrons. The monoisotopic (exact) mass is 295 g/mol. The zero-order valence-corrected chi connectivity index (χ0v) is 11.6. The Morgan fingerprint density at radius 3 is 2.68 bits per heavy atom. The Bertz CT molecular complexity index is 617. The Kier molecular flexibility index (Phi) is 4.24. The maximum atomic E-state index is 11.8. The zero-order valence-electron chi connectivity index (χ0n) is 10.1. The van der Waals surface area contributed by atoms with Gasteiger partial charge in [0, 0.05) is 11.2 Å². The van der Waals surface area contributed by atoms with E-state index in [2.05, 4.69) is 15.6 Å². The van der Waals surface area contributed by atoms with E-state index in [-0.39, 0.29) is 0 Å². The van der Waals surface area contributed by atoms with Crippen LogP contribution in [0.1, 0.15) is 5.56 Å². The number of aromatic nitrogens is 1. The lowest BCUT2D eigenvalue weighted by atomic mass is 10.3. The highest BCUT2D eigenvalue weighted by atomic mass is 35.5. The normalized spacial score (nSPS) is 10.1. The molecule has 0 atom stereocenters. The molecule has 2 amide bonds. The van der Waals surface area contributed by atoms with Crippen molar-refractivity contribution in [3.8, 4) is 0 Å². The minimum atomic E-state index is -0.428. The first-order valence-electron chi connectivity index (χ1n) is 5.50. The van der Waals surface area contributed by atoms with Gasteiger partial charge in [-0.2, -0.15) is 0 Å². The summed E-state index contributed by atoms with van der Waals surface area (Å²) in [5.74, 6) is 0.468. The molecule has 2 rings (SSSR count). The summed E-state index contributed by atoms with van der Waals surface area (Å²) in [6.07, 6.45) is 1.62. The second kappa shape index (κ2) is 5.91. The van der Waals surface area contributed by atoms with Crippen LogP contribution in [0, 0.1) is 6.92 Å². The maximum absolute atomic E-state index is 11.8. The van der Waals surface area contributed by atoms with Crippen LogP contribution in [0.15, 0.2) is 36.5 Å². The van der Waals surface area contributed by atoms with Crippen LogP contribution in [-0.2, 0) is 0 Å². The second-order valence-corrected chi connectivity index (χ2v) is 4.77. The highest BCUT2D eigenvalue weighted by molar-refractivity contribution is 6.35. The molecule has 2 aromatic rings. The molecule has 2 N–H and O–H groups in total. The molecule has 4 nitrogen and oxygen atoms in total. The fourth-order valence-electron chi connectivity index (χ4n) is 1.47. The van der Waals surface area contributed by atoms with Crippen molar-refractivity contribution in [3.63, 3.8) is 0 Å². The summed E-state index contributed by atoms with van der Waals surface area (Å²) < 4.78 is 0. The third kappa shape index (κ3) is 3.84. The van der Waals surface area contributed by atoms with Crippen molar-refractivity contribution in [2.75, 3.05) is 10.6 Å². The number of hydrogen-bond acceptors (Lipinski definition) is 2. The van der Waals surface area contributed by atoms with Crippen molar-refractivity contribution in [1.29, 1.82) is 0 Å². The second-order valence-electron chi connectivity index (χ2n) is 3.92. The standard InChI is InChI=1S/C13H11Cl2N3O/c1-8-4-5-16-12(6-8)18-13(19)17-11-7-9(14)2-3-10(11)15/h2-7H,1H3,(H2,16,17,18,19). The average Bonchev–Trinajstić information content (AvgIpc) is 2.34. The van der Waals surface area contributed by atoms with E-state index in [1.165, 1.54) is 0 Å². The Labute approximate surface area is 120 Å². The van der Waals surface area contributed by atoms with Gasteiger partial charge in [0.1, 0.15) is 5.82 Å². The minimum Gasteiger partial charge on any atom is -0.306 e. The maximum Gasteiger partial charge on any atom is 0.324 e. The van der Waals surface area contributed by atoms with Gasteiger partial charge in [0.25, 0.3) is 0 Å². The lowest BCUT2D eigenvalue weighted by Gasteiger charge is -2.09. The SMILES string of the molecule is Cc1ccnc(NC(=O)Nc2cc(Cl)ccc2Cl)c1. The van der Waals surface area contributed by atoms with Crippen LogP contribution in [-0.4, -0.2) is 11.0 Å². The smallest absolute Gasteiger partial charge is 0.306 e. The van der Waals surface area contributed by atoms with Crippen molar-refractivity contribution >= 4 is 40.7 Å². The van der Waals surface area contributed by atoms with Crippen LogP contribution in [0.3, 0.4) is 0 Å². The number of carbonyl (C=O) groups is 1. The summed E-state index contributed by atoms with van der Waals surface area (Å²) in [4.78, 5) is 15.8. The van der Waals surface area contributed by atoms with Crippen molar-refractivity contribution < 1.29 is 4.79 Å². The van der Waals surface area contributed by atoms with E-state index < -0.39 is 6.03 Å². The van der Waals surface area contributed by atoms with Gasteiger partial charge in [-0.25, -0.2) is 9.78 Å². The van der Waals surface area contributed by atoms with E-state index in [0.29, 0.717) is 21.6 Å². The molecule has 0 radical (unpaired) electrons. The molecule has 0 aliphatic rings. The number of pyridine rings is 1. The quantitative estimate of drug-likeness (QED) is 0.866. The van der Waals surface area contributed by atoms with Crippen LogP contribution in [0.2, 0.25) is 10.0 Å². The number of hydrogen-bond donors (Lipinski definition) is 2. The number of nitrogens with zero attached hydrogens (tertiary/aromatic N) is 1. The molecular weight excluding hydrogens is 285 g/mol. The first-order valence-corrected chi connectivity index (χ1v) is 6.26. The predicted octanol–water partition coefficient (Wildman–Crippen LogP) is 4.34. The summed E-state index contributed by atoms with van der Waals surface area (Å²) >= 11 is 11.8. The van der Waals surface area contributed by atoms with Gasteiger partial charge in [-0.3, -0.25) is 5.32 Å². The fourth-order valence-corrected chi connectivity index (χ4v) is 1.80. The van der Waals surface area contributed by atoms with Gasteiger partial charge < -0.3 is 5.32 Å². The molecule has 0 spiro atoms. The van der Waals surface area contributed by atoms with E-state index in [9.17, 15) is 4.79 Å². The van der Waals surface area contributed by atoms with Gasteiger partial charge in [-0.1, -0.05) is 23.2 Å². The van der Waals surface area contributed by atoms with Gasteiger partial charge in [0.05, 0.1) is 10.7 Å². The van der Waals surface area contributed by atoms with Crippen molar-refractivity contribution in [2.45, 2.75) is 6.92 Å². The number of halogens is 2. The summed E-state index contributed by atoms with van der Waals surface area (Å²) in [6, 6.07) is 8.02. The van der Waals surface area contributed by atoms with Crippen LogP contribution in [0.25, 0.3) is 0 Å². The van der Waals surface area contributed by atoms with Gasteiger partial charge in [0.2, 0.25) is 0 Å². The predicted molar refractivity (Wildman–Crippen MR) is 78.1 cm³/mol. The number of anilines is 2. The number of carbonyl (C=O) groups excluding carboxylic acids is 1. The molecule has 0 saturated carbocycles. The van der Waals surface area contributed by atoms with Gasteiger partial charge in [-0.05, 0) is 42.8 Å². The van der Waals surface area contributed by atoms with E-state index in [1.54, 1.807) is 30.5 Å². The Morgan fingerprint density at radius 2 is 1.95 bits per heavy atom. The third-order valence-corrected chi connectivity index (χ3v) is 2.90. The van der Waals surface area contributed by atoms with Crippen molar-refractivity contribution in [2.24, 2.45) is 0 Å². The molecule has 0 unspecified atom stereocenters. The zero-order chi connectivity index (χ0) is 13.8. The highest BCUT2D eigenvalue weighted by Gasteiger charge is 2.07. The number of urea groups is 1. The van der Waals surface area contributed by atoms with Crippen LogP contribution in [0.5, 0.6) is 0 Å². The lowest BCUT2D eigenvalue weighted by Crippen LogP contribution is -2.20. The summed E-state index contributed by atoms with van der Waals surface area (Å²) in [6.45, 7) is 1.92. The van der Waals surface area contributed by atoms with Crippen molar-refractivity contribution in [3.05, 3.63) is 52.1 Å². The molecule has 1 aromatic heterocycles. The number of benzene rings is 1. The lowest BCUT2D eigenvalue weighted by molar-refractivity contribution is 0.262. The van der Waals surface area contributed by atoms with Gasteiger partial charge in [0.15, 0.2) is 0 Å². The minimum absolute atomic E-state index is 0.414. The molecule has 0 saturated heterocycles. The molecule has 0 bridgehead atoms. The summed E-state index contributed by atoms with van der Waals surface area (Å²) in [5, 5.41) is 6.14. The van der Waals surface area contributed by atoms with E-state index in [1.807, 2.05) is 13.0 Å². The van der Waals surface area contributed by atoms with Crippen LogP contribution in [0.4, 0.5) is 16.3 Å². The van der Waals surface area contributed by atoms with Crippen LogP contribution < -0.4 is 10.6 Å². The summed E-state index contributed by atoms with van der Waals surface area (Å²) in [5.41, 5.74) is 1.45. The topological polar surface area (TPSA) is 54.0 Å². The van der Waals surface area contributed by atoms with E-state index in [0.717, 1.165) is 5.56 Å². The fraction of sp³-hybridized carbons (Fsp3) is 0.0769. The molecule has 0 aliphatic heterocycles. The molecule has 6 heteroatoms. The summed E-state index contributed by atoms with van der Waals surface area (Å²) in [7, 11) is 0. The van der Waals surface area contributed by atoms with Crippen LogP contribution >= 0.6 is 23.2 Å². The first kappa shape index (κ1) is 13.6. The Morgan fingerprint density at radius 1 is 1.16 bits per heavy atom. The first-order chi connectivity index (χ1) is 9.04. The average molecular weight is 296 g/mol. The Hall–Kier alpha value is -1.78.